The molecule has 0 radical (unpaired) electrons. The van der Waals surface area contributed by atoms with Gasteiger partial charge in [0.25, 0.3) is 0 Å². The van der Waals surface area contributed by atoms with Gasteiger partial charge in [-0.2, -0.15) is 0 Å². The predicted molar refractivity (Wildman–Crippen MR) is 48.0 cm³/mol. The van der Waals surface area contributed by atoms with Crippen LogP contribution in [-0.4, -0.2) is 33.6 Å². The van der Waals surface area contributed by atoms with E-state index in [1.807, 2.05) is 6.08 Å². The maximum atomic E-state index is 9.69. The molecule has 3 nitrogen and oxygen atoms in total. The van der Waals surface area contributed by atoms with E-state index in [0.29, 0.717) is 12.8 Å². The lowest BCUT2D eigenvalue weighted by Gasteiger charge is -2.42. The summed E-state index contributed by atoms with van der Waals surface area (Å²) in [6.07, 6.45) is 4.27. The van der Waals surface area contributed by atoms with Crippen molar-refractivity contribution < 1.29 is 15.3 Å². The third-order valence-corrected chi connectivity index (χ3v) is 3.33. The van der Waals surface area contributed by atoms with Crippen molar-refractivity contribution in [2.45, 2.75) is 37.6 Å². The Morgan fingerprint density at radius 2 is 1.69 bits per heavy atom. The van der Waals surface area contributed by atoms with Gasteiger partial charge in [0.05, 0.1) is 18.3 Å². The maximum Gasteiger partial charge on any atom is 0.0777 e. The Morgan fingerprint density at radius 3 is 2.38 bits per heavy atom. The van der Waals surface area contributed by atoms with Gasteiger partial charge in [0.15, 0.2) is 0 Å². The third-order valence-electron chi connectivity index (χ3n) is 3.33. The highest BCUT2D eigenvalue weighted by molar-refractivity contribution is 5.06. The third kappa shape index (κ3) is 1.52. The van der Waals surface area contributed by atoms with E-state index in [-0.39, 0.29) is 17.9 Å². The molecule has 0 aromatic heterocycles. The van der Waals surface area contributed by atoms with Crippen LogP contribution in [-0.2, 0) is 0 Å². The Labute approximate surface area is 77.7 Å². The zero-order chi connectivity index (χ0) is 9.42. The molecule has 0 bridgehead atoms. The minimum absolute atomic E-state index is 0.0451. The number of aliphatic hydroxyl groups excluding tert-OH is 3. The molecule has 13 heavy (non-hydrogen) atoms. The van der Waals surface area contributed by atoms with Crippen LogP contribution in [0.3, 0.4) is 0 Å². The minimum atomic E-state index is -0.580. The lowest BCUT2D eigenvalue weighted by Crippen LogP contribution is -2.47. The highest BCUT2D eigenvalue weighted by Gasteiger charge is 2.41. The first-order valence-corrected chi connectivity index (χ1v) is 4.91. The standard InChI is InChI=1S/C10H16O3/c11-7-4-5-9(13)10-6(7)2-1-3-8(10)12/h1,3,6-13H,2,4-5H2/t6-,7-,8-,9+,10+/m1/s1. The molecular weight excluding hydrogens is 168 g/mol. The van der Waals surface area contributed by atoms with E-state index >= 15 is 0 Å². The smallest absolute Gasteiger partial charge is 0.0777 e. The molecule has 0 heterocycles. The molecule has 0 amide bonds. The summed E-state index contributed by atoms with van der Waals surface area (Å²) >= 11 is 0. The van der Waals surface area contributed by atoms with Crippen molar-refractivity contribution in [3.05, 3.63) is 12.2 Å². The molecule has 2 aliphatic rings. The van der Waals surface area contributed by atoms with Crippen molar-refractivity contribution in [2.24, 2.45) is 11.8 Å². The van der Waals surface area contributed by atoms with E-state index < -0.39 is 12.2 Å². The molecule has 0 aromatic carbocycles. The number of aliphatic hydroxyl groups is 3. The molecule has 0 spiro atoms. The molecule has 5 atom stereocenters. The predicted octanol–water partition coefficient (Wildman–Crippen LogP) is 0.0552. The molecule has 74 valence electrons. The van der Waals surface area contributed by atoms with Crippen molar-refractivity contribution in [3.63, 3.8) is 0 Å². The van der Waals surface area contributed by atoms with E-state index in [0.717, 1.165) is 6.42 Å². The lowest BCUT2D eigenvalue weighted by atomic mass is 9.69. The van der Waals surface area contributed by atoms with Gasteiger partial charge in [0.1, 0.15) is 0 Å². The van der Waals surface area contributed by atoms with Crippen molar-refractivity contribution in [3.8, 4) is 0 Å². The van der Waals surface area contributed by atoms with Gasteiger partial charge in [0.2, 0.25) is 0 Å². The summed E-state index contributed by atoms with van der Waals surface area (Å²) in [6.45, 7) is 0. The van der Waals surface area contributed by atoms with Crippen LogP contribution in [0, 0.1) is 11.8 Å². The van der Waals surface area contributed by atoms with Gasteiger partial charge in [-0.3, -0.25) is 0 Å². The molecule has 1 saturated carbocycles. The Hall–Kier alpha value is -0.380. The molecule has 3 N–H and O–H groups in total. The summed E-state index contributed by atoms with van der Waals surface area (Å²) in [5, 5.41) is 29.0. The summed E-state index contributed by atoms with van der Waals surface area (Å²) in [4.78, 5) is 0. The molecule has 0 aliphatic heterocycles. The highest BCUT2D eigenvalue weighted by atomic mass is 16.3. The van der Waals surface area contributed by atoms with Crippen molar-refractivity contribution in [1.82, 2.24) is 0 Å². The average molecular weight is 184 g/mol. The maximum absolute atomic E-state index is 9.69. The molecule has 2 aliphatic carbocycles. The molecule has 0 aromatic rings. The van der Waals surface area contributed by atoms with Crippen LogP contribution in [0.25, 0.3) is 0 Å². The quantitative estimate of drug-likeness (QED) is 0.466. The first-order chi connectivity index (χ1) is 6.20. The first-order valence-electron chi connectivity index (χ1n) is 4.91. The fraction of sp³-hybridized carbons (Fsp3) is 0.800. The summed E-state index contributed by atoms with van der Waals surface area (Å²) in [5.74, 6) is -0.113. The summed E-state index contributed by atoms with van der Waals surface area (Å²) in [6, 6.07) is 0. The van der Waals surface area contributed by atoms with Gasteiger partial charge in [0, 0.05) is 5.92 Å². The van der Waals surface area contributed by atoms with Crippen LogP contribution in [0.1, 0.15) is 19.3 Å². The molecule has 1 fully saturated rings. The Kier molecular flexibility index (Phi) is 2.41. The summed E-state index contributed by atoms with van der Waals surface area (Å²) in [5.41, 5.74) is 0. The average Bonchev–Trinajstić information content (AvgIpc) is 2.12. The summed E-state index contributed by atoms with van der Waals surface area (Å²) in [7, 11) is 0. The van der Waals surface area contributed by atoms with E-state index in [2.05, 4.69) is 0 Å². The van der Waals surface area contributed by atoms with Gasteiger partial charge in [-0.25, -0.2) is 0 Å². The van der Waals surface area contributed by atoms with Crippen LogP contribution in [0.2, 0.25) is 0 Å². The van der Waals surface area contributed by atoms with Crippen LogP contribution >= 0.6 is 0 Å². The fourth-order valence-corrected chi connectivity index (χ4v) is 2.59. The largest absolute Gasteiger partial charge is 0.393 e. The van der Waals surface area contributed by atoms with Gasteiger partial charge in [-0.1, -0.05) is 12.2 Å². The monoisotopic (exact) mass is 184 g/mol. The van der Waals surface area contributed by atoms with Crippen molar-refractivity contribution in [1.29, 1.82) is 0 Å². The second-order valence-electron chi connectivity index (χ2n) is 4.11. The summed E-state index contributed by atoms with van der Waals surface area (Å²) < 4.78 is 0. The van der Waals surface area contributed by atoms with Crippen LogP contribution in [0.5, 0.6) is 0 Å². The molecule has 3 heteroatoms. The van der Waals surface area contributed by atoms with Gasteiger partial charge in [-0.15, -0.1) is 0 Å². The number of allylic oxidation sites excluding steroid dienone is 1. The first kappa shape index (κ1) is 9.19. The number of fused-ring (bicyclic) bond motifs is 1. The number of hydrogen-bond acceptors (Lipinski definition) is 3. The highest BCUT2D eigenvalue weighted by Crippen LogP contribution is 2.38. The van der Waals surface area contributed by atoms with Crippen LogP contribution in [0.4, 0.5) is 0 Å². The van der Waals surface area contributed by atoms with E-state index in [1.165, 1.54) is 0 Å². The molecule has 2 rings (SSSR count). The molecule has 0 saturated heterocycles. The Morgan fingerprint density at radius 1 is 1.00 bits per heavy atom. The molecular formula is C10H16O3. The topological polar surface area (TPSA) is 60.7 Å². The second-order valence-corrected chi connectivity index (χ2v) is 4.11. The second kappa shape index (κ2) is 3.40. The number of rotatable bonds is 0. The lowest BCUT2D eigenvalue weighted by molar-refractivity contribution is -0.0830. The Balaban J connectivity index is 2.19. The Bertz CT molecular complexity index is 214. The van der Waals surface area contributed by atoms with Crippen molar-refractivity contribution in [2.75, 3.05) is 0 Å². The van der Waals surface area contributed by atoms with Crippen LogP contribution in [0.15, 0.2) is 12.2 Å². The van der Waals surface area contributed by atoms with Gasteiger partial charge in [-0.05, 0) is 25.2 Å². The zero-order valence-electron chi connectivity index (χ0n) is 7.50. The van der Waals surface area contributed by atoms with E-state index in [9.17, 15) is 15.3 Å². The van der Waals surface area contributed by atoms with Gasteiger partial charge < -0.3 is 15.3 Å². The van der Waals surface area contributed by atoms with Crippen LogP contribution < -0.4 is 0 Å². The molecule has 0 unspecified atom stereocenters. The van der Waals surface area contributed by atoms with E-state index in [1.54, 1.807) is 6.08 Å². The SMILES string of the molecule is O[C@@H]1C=CC[C@H]2[C@@H]1[C@@H](O)CC[C@H]2O. The van der Waals surface area contributed by atoms with Crippen molar-refractivity contribution >= 4 is 0 Å². The van der Waals surface area contributed by atoms with Gasteiger partial charge >= 0.3 is 0 Å². The fourth-order valence-electron chi connectivity index (χ4n) is 2.59. The normalized spacial score (nSPS) is 50.2. The van der Waals surface area contributed by atoms with E-state index in [4.69, 9.17) is 0 Å². The zero-order valence-corrected chi connectivity index (χ0v) is 7.50. The minimum Gasteiger partial charge on any atom is -0.393 e. The number of hydrogen-bond donors (Lipinski definition) is 3.